The van der Waals surface area contributed by atoms with Gasteiger partial charge in [-0.1, -0.05) is 41.9 Å². The van der Waals surface area contributed by atoms with Crippen LogP contribution in [0.1, 0.15) is 52.7 Å². The number of aliphatic carboxylic acids is 1. The molecule has 1 aromatic heterocycles. The van der Waals surface area contributed by atoms with Crippen LogP contribution < -0.4 is 5.32 Å². The van der Waals surface area contributed by atoms with Gasteiger partial charge in [-0.25, -0.2) is 4.79 Å². The molecule has 0 fully saturated rings. The van der Waals surface area contributed by atoms with Crippen LogP contribution >= 0.6 is 0 Å². The molecule has 23 heavy (non-hydrogen) atoms. The van der Waals surface area contributed by atoms with Gasteiger partial charge in [-0.15, -0.1) is 0 Å². The van der Waals surface area contributed by atoms with Gasteiger partial charge >= 0.3 is 5.97 Å². The zero-order chi connectivity index (χ0) is 16.2. The van der Waals surface area contributed by atoms with Crippen molar-refractivity contribution < 1.29 is 19.2 Å². The van der Waals surface area contributed by atoms with E-state index in [1.807, 2.05) is 0 Å². The summed E-state index contributed by atoms with van der Waals surface area (Å²) < 4.78 is 5.28. The Labute approximate surface area is 133 Å². The van der Waals surface area contributed by atoms with Crippen LogP contribution in [0, 0.1) is 0 Å². The molecule has 6 heteroatoms. The summed E-state index contributed by atoms with van der Waals surface area (Å²) in [5.74, 6) is -0.869. The van der Waals surface area contributed by atoms with Crippen LogP contribution in [0.25, 0.3) is 0 Å². The number of hydrogen-bond acceptors (Lipinski definition) is 4. The molecule has 0 spiro atoms. The van der Waals surface area contributed by atoms with Crippen molar-refractivity contribution in [3.63, 3.8) is 0 Å². The first-order valence-electron chi connectivity index (χ1n) is 7.73. The maximum absolute atomic E-state index is 12.5. The van der Waals surface area contributed by atoms with E-state index in [1.165, 1.54) is 0 Å². The second kappa shape index (κ2) is 6.64. The standard InChI is InChI=1S/C17H18N2O4/c20-16(15-12-9-5-2-6-10-13(12)23-19-15)18-14(17(21)22)11-7-3-1-4-8-11/h1,3-4,7-8,14H,2,5-6,9-10H2,(H,18,20)(H,21,22)/t14-/m0/s1. The minimum absolute atomic E-state index is 0.212. The van der Waals surface area contributed by atoms with Crippen LogP contribution in [-0.2, 0) is 17.6 Å². The number of benzene rings is 1. The fraction of sp³-hybridized carbons (Fsp3) is 0.353. The lowest BCUT2D eigenvalue weighted by molar-refractivity contribution is -0.139. The van der Waals surface area contributed by atoms with E-state index in [4.69, 9.17) is 4.52 Å². The van der Waals surface area contributed by atoms with E-state index in [9.17, 15) is 14.7 Å². The Morgan fingerprint density at radius 1 is 1.13 bits per heavy atom. The molecule has 1 amide bonds. The van der Waals surface area contributed by atoms with Gasteiger partial charge in [0.1, 0.15) is 5.76 Å². The van der Waals surface area contributed by atoms with Gasteiger partial charge in [0.15, 0.2) is 11.7 Å². The molecule has 2 aromatic rings. The van der Waals surface area contributed by atoms with Crippen molar-refractivity contribution in [2.45, 2.75) is 38.1 Å². The number of carboxylic acid groups (broad SMARTS) is 1. The third-order valence-electron chi connectivity index (χ3n) is 4.07. The minimum atomic E-state index is -1.11. The minimum Gasteiger partial charge on any atom is -0.479 e. The number of amides is 1. The maximum Gasteiger partial charge on any atom is 0.330 e. The van der Waals surface area contributed by atoms with Crippen molar-refractivity contribution in [2.75, 3.05) is 0 Å². The number of aryl methyl sites for hydroxylation is 1. The lowest BCUT2D eigenvalue weighted by Crippen LogP contribution is -2.34. The highest BCUT2D eigenvalue weighted by molar-refractivity contribution is 5.96. The summed E-state index contributed by atoms with van der Waals surface area (Å²) in [7, 11) is 0. The fourth-order valence-electron chi connectivity index (χ4n) is 2.87. The van der Waals surface area contributed by atoms with Crippen LogP contribution in [0.3, 0.4) is 0 Å². The van der Waals surface area contributed by atoms with Crippen LogP contribution in [0.4, 0.5) is 0 Å². The quantitative estimate of drug-likeness (QED) is 0.846. The molecule has 2 N–H and O–H groups in total. The Hall–Kier alpha value is -2.63. The summed E-state index contributed by atoms with van der Waals surface area (Å²) in [6.07, 6.45) is 4.61. The van der Waals surface area contributed by atoms with Crippen molar-refractivity contribution >= 4 is 11.9 Å². The molecule has 0 radical (unpaired) electrons. The summed E-state index contributed by atoms with van der Waals surface area (Å²) in [6.45, 7) is 0. The molecule has 0 saturated carbocycles. The van der Waals surface area contributed by atoms with E-state index in [0.717, 1.165) is 43.4 Å². The molecule has 1 atom stereocenters. The van der Waals surface area contributed by atoms with E-state index in [1.54, 1.807) is 30.3 Å². The summed E-state index contributed by atoms with van der Waals surface area (Å²) in [6, 6.07) is 7.49. The molecule has 6 nitrogen and oxygen atoms in total. The molecule has 1 heterocycles. The lowest BCUT2D eigenvalue weighted by Gasteiger charge is -2.14. The highest BCUT2D eigenvalue weighted by Gasteiger charge is 2.27. The molecule has 3 rings (SSSR count). The largest absolute Gasteiger partial charge is 0.479 e. The molecule has 0 unspecified atom stereocenters. The highest BCUT2D eigenvalue weighted by Crippen LogP contribution is 2.24. The van der Waals surface area contributed by atoms with Gasteiger partial charge in [0.25, 0.3) is 5.91 Å². The van der Waals surface area contributed by atoms with Crippen LogP contribution in [0.5, 0.6) is 0 Å². The molecule has 1 aliphatic rings. The van der Waals surface area contributed by atoms with E-state index in [2.05, 4.69) is 10.5 Å². The lowest BCUT2D eigenvalue weighted by atomic mass is 10.1. The van der Waals surface area contributed by atoms with Crippen molar-refractivity contribution in [3.05, 3.63) is 52.9 Å². The molecular formula is C17H18N2O4. The SMILES string of the molecule is O=C(N[C@H](C(=O)O)c1ccccc1)c1noc2c1CCCCC2. The monoisotopic (exact) mass is 314 g/mol. The average Bonchev–Trinajstić information content (AvgIpc) is 2.82. The first-order valence-corrected chi connectivity index (χ1v) is 7.73. The Morgan fingerprint density at radius 2 is 1.87 bits per heavy atom. The van der Waals surface area contributed by atoms with Gasteiger partial charge in [0, 0.05) is 12.0 Å². The molecule has 120 valence electrons. The Bertz CT molecular complexity index is 709. The van der Waals surface area contributed by atoms with Crippen LogP contribution in [0.2, 0.25) is 0 Å². The number of carbonyl (C=O) groups is 2. The molecule has 1 aliphatic carbocycles. The molecule has 0 aliphatic heterocycles. The fourth-order valence-corrected chi connectivity index (χ4v) is 2.87. The van der Waals surface area contributed by atoms with Crippen molar-refractivity contribution in [1.82, 2.24) is 10.5 Å². The number of nitrogens with zero attached hydrogens (tertiary/aromatic N) is 1. The van der Waals surface area contributed by atoms with Crippen LogP contribution in [0.15, 0.2) is 34.9 Å². The topological polar surface area (TPSA) is 92.4 Å². The third-order valence-corrected chi connectivity index (χ3v) is 4.07. The third kappa shape index (κ3) is 3.26. The highest BCUT2D eigenvalue weighted by atomic mass is 16.5. The molecule has 0 saturated heterocycles. The zero-order valence-corrected chi connectivity index (χ0v) is 12.6. The summed E-state index contributed by atoms with van der Waals surface area (Å²) in [4.78, 5) is 24.0. The first-order chi connectivity index (χ1) is 11.2. The van der Waals surface area contributed by atoms with E-state index in [0.29, 0.717) is 5.56 Å². The zero-order valence-electron chi connectivity index (χ0n) is 12.6. The van der Waals surface area contributed by atoms with Gasteiger partial charge < -0.3 is 14.9 Å². The summed E-state index contributed by atoms with van der Waals surface area (Å²) in [5.41, 5.74) is 1.55. The number of rotatable bonds is 4. The van der Waals surface area contributed by atoms with E-state index < -0.39 is 17.9 Å². The van der Waals surface area contributed by atoms with E-state index >= 15 is 0 Å². The number of nitrogens with one attached hydrogen (secondary N) is 1. The first kappa shape index (κ1) is 15.3. The second-order valence-electron chi connectivity index (χ2n) is 5.65. The Morgan fingerprint density at radius 3 is 2.61 bits per heavy atom. The van der Waals surface area contributed by atoms with Gasteiger partial charge in [-0.2, -0.15) is 0 Å². The van der Waals surface area contributed by atoms with E-state index in [-0.39, 0.29) is 5.69 Å². The Kier molecular flexibility index (Phi) is 4.41. The van der Waals surface area contributed by atoms with Crippen molar-refractivity contribution in [3.8, 4) is 0 Å². The van der Waals surface area contributed by atoms with Crippen molar-refractivity contribution in [2.24, 2.45) is 0 Å². The molecular weight excluding hydrogens is 296 g/mol. The number of fused-ring (bicyclic) bond motifs is 1. The smallest absolute Gasteiger partial charge is 0.330 e. The maximum atomic E-state index is 12.5. The predicted octanol–water partition coefficient (Wildman–Crippen LogP) is 2.50. The molecule has 1 aromatic carbocycles. The average molecular weight is 314 g/mol. The normalized spacial score (nSPS) is 15.3. The summed E-state index contributed by atoms with van der Waals surface area (Å²) >= 11 is 0. The Balaban J connectivity index is 1.83. The van der Waals surface area contributed by atoms with Gasteiger partial charge in [-0.05, 0) is 24.8 Å². The van der Waals surface area contributed by atoms with Gasteiger partial charge in [0.2, 0.25) is 0 Å². The number of hydrogen-bond donors (Lipinski definition) is 2. The number of carboxylic acids is 1. The number of carbonyl (C=O) groups excluding carboxylic acids is 1. The van der Waals surface area contributed by atoms with Crippen molar-refractivity contribution in [1.29, 1.82) is 0 Å². The second-order valence-corrected chi connectivity index (χ2v) is 5.65. The molecule has 0 bridgehead atoms. The number of aromatic nitrogens is 1. The van der Waals surface area contributed by atoms with Gasteiger partial charge in [-0.3, -0.25) is 4.79 Å². The summed E-state index contributed by atoms with van der Waals surface area (Å²) in [5, 5.41) is 15.8. The predicted molar refractivity (Wildman–Crippen MR) is 82.0 cm³/mol. The van der Waals surface area contributed by atoms with Gasteiger partial charge in [0.05, 0.1) is 0 Å². The van der Waals surface area contributed by atoms with Crippen LogP contribution in [-0.4, -0.2) is 22.1 Å².